The first-order chi connectivity index (χ1) is 9.20. The summed E-state index contributed by atoms with van der Waals surface area (Å²) in [5, 5.41) is 7.47. The van der Waals surface area contributed by atoms with Crippen LogP contribution in [0.25, 0.3) is 0 Å². The molecule has 0 saturated heterocycles. The normalized spacial score (nSPS) is 10.2. The number of nitrogens with two attached hydrogens (primary N) is 1. The van der Waals surface area contributed by atoms with Crippen LogP contribution in [0.15, 0.2) is 47.6 Å². The fraction of sp³-hybridized carbons (Fsp3) is 0.143. The Labute approximate surface area is 116 Å². The molecule has 0 aliphatic heterocycles. The Morgan fingerprint density at radius 3 is 2.68 bits per heavy atom. The van der Waals surface area contributed by atoms with Crippen molar-refractivity contribution in [1.82, 2.24) is 4.98 Å². The number of rotatable bonds is 5. The van der Waals surface area contributed by atoms with Crippen molar-refractivity contribution in [2.75, 3.05) is 7.11 Å². The molecule has 4 nitrogen and oxygen atoms in total. The first kappa shape index (κ1) is 13.4. The summed E-state index contributed by atoms with van der Waals surface area (Å²) in [4.78, 5) is 5.16. The average molecular weight is 273 g/mol. The lowest BCUT2D eigenvalue weighted by Gasteiger charge is -2.09. The zero-order valence-corrected chi connectivity index (χ0v) is 11.4. The van der Waals surface area contributed by atoms with Gasteiger partial charge in [0.25, 0.3) is 0 Å². The molecule has 0 bridgehead atoms. The predicted octanol–water partition coefficient (Wildman–Crippen LogP) is 2.67. The van der Waals surface area contributed by atoms with Crippen molar-refractivity contribution in [3.8, 4) is 5.75 Å². The van der Waals surface area contributed by atoms with Gasteiger partial charge in [-0.05, 0) is 29.8 Å². The molecule has 2 rings (SSSR count). The minimum atomic E-state index is 0.0187. The van der Waals surface area contributed by atoms with Gasteiger partial charge in [-0.15, -0.1) is 11.8 Å². The van der Waals surface area contributed by atoms with Crippen molar-refractivity contribution in [2.24, 2.45) is 5.73 Å². The summed E-state index contributed by atoms with van der Waals surface area (Å²) in [5.41, 5.74) is 7.25. The summed E-state index contributed by atoms with van der Waals surface area (Å²) in [7, 11) is 1.58. The maximum absolute atomic E-state index is 7.47. The van der Waals surface area contributed by atoms with Gasteiger partial charge >= 0.3 is 0 Å². The quantitative estimate of drug-likeness (QED) is 0.499. The van der Waals surface area contributed by atoms with Crippen molar-refractivity contribution in [3.05, 3.63) is 53.9 Å². The SMILES string of the molecule is COc1cc(CSc2ccncc2)ccc1C(=N)N. The van der Waals surface area contributed by atoms with Crippen molar-refractivity contribution < 1.29 is 4.74 Å². The Balaban J connectivity index is 2.11. The van der Waals surface area contributed by atoms with Gasteiger partial charge in [0.05, 0.1) is 12.7 Å². The summed E-state index contributed by atoms with van der Waals surface area (Å²) in [6, 6.07) is 9.67. The number of nitrogens with zero attached hydrogens (tertiary/aromatic N) is 1. The van der Waals surface area contributed by atoms with E-state index >= 15 is 0 Å². The second-order valence-electron chi connectivity index (χ2n) is 3.92. The van der Waals surface area contributed by atoms with E-state index < -0.39 is 0 Å². The number of amidine groups is 1. The molecule has 0 saturated carbocycles. The Kier molecular flexibility index (Phi) is 4.41. The third-order valence-corrected chi connectivity index (χ3v) is 3.69. The Bertz CT molecular complexity index is 572. The number of hydrogen-bond donors (Lipinski definition) is 2. The molecule has 0 radical (unpaired) electrons. The van der Waals surface area contributed by atoms with Crippen LogP contribution in [0.2, 0.25) is 0 Å². The van der Waals surface area contributed by atoms with Crippen LogP contribution < -0.4 is 10.5 Å². The highest BCUT2D eigenvalue weighted by Crippen LogP contribution is 2.26. The molecule has 0 atom stereocenters. The molecule has 0 amide bonds. The highest BCUT2D eigenvalue weighted by Gasteiger charge is 2.07. The predicted molar refractivity (Wildman–Crippen MR) is 77.8 cm³/mol. The number of nitrogens with one attached hydrogen (secondary N) is 1. The second-order valence-corrected chi connectivity index (χ2v) is 4.97. The lowest BCUT2D eigenvalue weighted by Crippen LogP contribution is -2.12. The highest BCUT2D eigenvalue weighted by atomic mass is 32.2. The van der Waals surface area contributed by atoms with Gasteiger partial charge in [0.1, 0.15) is 11.6 Å². The van der Waals surface area contributed by atoms with Crippen molar-refractivity contribution in [3.63, 3.8) is 0 Å². The fourth-order valence-electron chi connectivity index (χ4n) is 1.65. The molecule has 1 aromatic carbocycles. The van der Waals surface area contributed by atoms with E-state index in [1.54, 1.807) is 31.3 Å². The first-order valence-corrected chi connectivity index (χ1v) is 6.73. The Hall–Kier alpha value is -2.01. The van der Waals surface area contributed by atoms with Crippen LogP contribution in [0.5, 0.6) is 5.75 Å². The monoisotopic (exact) mass is 273 g/mol. The summed E-state index contributed by atoms with van der Waals surface area (Å²) in [6.07, 6.45) is 3.56. The molecule has 19 heavy (non-hydrogen) atoms. The first-order valence-electron chi connectivity index (χ1n) is 5.75. The number of nitrogen functional groups attached to an aromatic ring is 1. The van der Waals surface area contributed by atoms with Crippen LogP contribution >= 0.6 is 11.8 Å². The molecule has 98 valence electrons. The fourth-order valence-corrected chi connectivity index (χ4v) is 2.48. The second kappa shape index (κ2) is 6.24. The van der Waals surface area contributed by atoms with Gasteiger partial charge in [-0.2, -0.15) is 0 Å². The minimum Gasteiger partial charge on any atom is -0.496 e. The van der Waals surface area contributed by atoms with Crippen LogP contribution in [-0.2, 0) is 5.75 Å². The number of benzene rings is 1. The number of aromatic nitrogens is 1. The third-order valence-electron chi connectivity index (χ3n) is 2.61. The highest BCUT2D eigenvalue weighted by molar-refractivity contribution is 7.98. The van der Waals surface area contributed by atoms with Gasteiger partial charge < -0.3 is 10.5 Å². The summed E-state index contributed by atoms with van der Waals surface area (Å²) < 4.78 is 5.26. The molecular weight excluding hydrogens is 258 g/mol. The largest absolute Gasteiger partial charge is 0.496 e. The summed E-state index contributed by atoms with van der Waals surface area (Å²) in [6.45, 7) is 0. The smallest absolute Gasteiger partial charge is 0.130 e. The molecule has 2 aromatic rings. The van der Waals surface area contributed by atoms with E-state index in [4.69, 9.17) is 15.9 Å². The zero-order valence-electron chi connectivity index (χ0n) is 10.6. The van der Waals surface area contributed by atoms with E-state index in [1.807, 2.05) is 30.3 Å². The minimum absolute atomic E-state index is 0.0187. The topological polar surface area (TPSA) is 72.0 Å². The molecule has 1 heterocycles. The summed E-state index contributed by atoms with van der Waals surface area (Å²) in [5.74, 6) is 1.49. The molecule has 3 N–H and O–H groups in total. The van der Waals surface area contributed by atoms with Crippen LogP contribution in [0, 0.1) is 5.41 Å². The van der Waals surface area contributed by atoms with Gasteiger partial charge in [0, 0.05) is 23.0 Å². The molecule has 0 aliphatic rings. The number of ether oxygens (including phenoxy) is 1. The number of methoxy groups -OCH3 is 1. The molecule has 0 unspecified atom stereocenters. The van der Waals surface area contributed by atoms with Gasteiger partial charge in [0.2, 0.25) is 0 Å². The van der Waals surface area contributed by atoms with Gasteiger partial charge in [-0.3, -0.25) is 10.4 Å². The molecule has 0 fully saturated rings. The van der Waals surface area contributed by atoms with Gasteiger partial charge in [0.15, 0.2) is 0 Å². The van der Waals surface area contributed by atoms with E-state index in [0.717, 1.165) is 11.3 Å². The van der Waals surface area contributed by atoms with E-state index in [0.29, 0.717) is 11.3 Å². The van der Waals surface area contributed by atoms with Crippen LogP contribution in [0.1, 0.15) is 11.1 Å². The van der Waals surface area contributed by atoms with Crippen molar-refractivity contribution in [1.29, 1.82) is 5.41 Å². The van der Waals surface area contributed by atoms with Crippen LogP contribution in [-0.4, -0.2) is 17.9 Å². The van der Waals surface area contributed by atoms with Gasteiger partial charge in [-0.25, -0.2) is 0 Å². The lowest BCUT2D eigenvalue weighted by atomic mass is 10.1. The van der Waals surface area contributed by atoms with Crippen molar-refractivity contribution >= 4 is 17.6 Å². The standard InChI is InChI=1S/C14H15N3OS/c1-18-13-8-10(2-3-12(13)14(15)16)9-19-11-4-6-17-7-5-11/h2-8H,9H2,1H3,(H3,15,16). The Morgan fingerprint density at radius 2 is 2.05 bits per heavy atom. The number of hydrogen-bond acceptors (Lipinski definition) is 4. The van der Waals surface area contributed by atoms with E-state index in [-0.39, 0.29) is 5.84 Å². The van der Waals surface area contributed by atoms with E-state index in [9.17, 15) is 0 Å². The molecular formula is C14H15N3OS. The lowest BCUT2D eigenvalue weighted by molar-refractivity contribution is 0.413. The maximum Gasteiger partial charge on any atom is 0.130 e. The molecule has 5 heteroatoms. The third kappa shape index (κ3) is 3.48. The maximum atomic E-state index is 7.47. The van der Waals surface area contributed by atoms with E-state index in [2.05, 4.69) is 4.98 Å². The van der Waals surface area contributed by atoms with Gasteiger partial charge in [-0.1, -0.05) is 6.07 Å². The van der Waals surface area contributed by atoms with Crippen LogP contribution in [0.4, 0.5) is 0 Å². The van der Waals surface area contributed by atoms with E-state index in [1.165, 1.54) is 4.90 Å². The molecule has 0 aliphatic carbocycles. The Morgan fingerprint density at radius 1 is 1.32 bits per heavy atom. The number of thioether (sulfide) groups is 1. The summed E-state index contributed by atoms with van der Waals surface area (Å²) >= 11 is 1.73. The number of pyridine rings is 1. The molecule has 0 spiro atoms. The average Bonchev–Trinajstić information content (AvgIpc) is 2.45. The van der Waals surface area contributed by atoms with Crippen LogP contribution in [0.3, 0.4) is 0 Å². The van der Waals surface area contributed by atoms with Crippen molar-refractivity contribution in [2.45, 2.75) is 10.6 Å². The zero-order chi connectivity index (χ0) is 13.7. The molecule has 1 aromatic heterocycles.